The van der Waals surface area contributed by atoms with E-state index in [9.17, 15) is 9.59 Å². The van der Waals surface area contributed by atoms with E-state index in [1.54, 1.807) is 44.2 Å². The summed E-state index contributed by atoms with van der Waals surface area (Å²) in [6.07, 6.45) is 0. The molecule has 0 saturated carbocycles. The van der Waals surface area contributed by atoms with Crippen LogP contribution in [0.2, 0.25) is 0 Å². The van der Waals surface area contributed by atoms with Crippen molar-refractivity contribution in [2.75, 3.05) is 17.2 Å². The van der Waals surface area contributed by atoms with Gasteiger partial charge in [-0.2, -0.15) is 0 Å². The third-order valence-electron chi connectivity index (χ3n) is 3.79. The average molecular weight is 376 g/mol. The second-order valence-electron chi connectivity index (χ2n) is 5.90. The van der Waals surface area contributed by atoms with Crippen LogP contribution < -0.4 is 10.6 Å². The molecule has 0 fully saturated rings. The van der Waals surface area contributed by atoms with E-state index in [0.29, 0.717) is 17.3 Å². The Balaban J connectivity index is 1.83. The largest absolute Gasteiger partial charge is 0.462 e. The van der Waals surface area contributed by atoms with E-state index in [2.05, 4.69) is 20.6 Å². The maximum Gasteiger partial charge on any atom is 0.340 e. The second kappa shape index (κ2) is 8.77. The Morgan fingerprint density at radius 3 is 2.46 bits per heavy atom. The Kier molecular flexibility index (Phi) is 5.96. The third kappa shape index (κ3) is 4.70. The van der Waals surface area contributed by atoms with Crippen LogP contribution in [0.25, 0.3) is 0 Å². The van der Waals surface area contributed by atoms with Crippen molar-refractivity contribution >= 4 is 29.1 Å². The average Bonchev–Trinajstić information content (AvgIpc) is 2.69. The van der Waals surface area contributed by atoms with Crippen LogP contribution in [0.1, 0.15) is 33.6 Å². The number of anilines is 3. The van der Waals surface area contributed by atoms with Gasteiger partial charge in [-0.1, -0.05) is 30.3 Å². The molecular weight excluding hydrogens is 356 g/mol. The highest BCUT2D eigenvalue weighted by atomic mass is 16.5. The number of hydrogen-bond donors (Lipinski definition) is 2. The topological polar surface area (TPSA) is 93.2 Å². The molecule has 0 saturated heterocycles. The molecule has 0 aliphatic carbocycles. The number of nitrogens with one attached hydrogen (secondary N) is 2. The van der Waals surface area contributed by atoms with Crippen molar-refractivity contribution in [3.8, 4) is 0 Å². The fourth-order valence-electron chi connectivity index (χ4n) is 2.58. The van der Waals surface area contributed by atoms with Crippen LogP contribution in [0.5, 0.6) is 0 Å². The molecule has 7 nitrogen and oxygen atoms in total. The number of esters is 1. The molecule has 1 aromatic heterocycles. The molecule has 7 heteroatoms. The van der Waals surface area contributed by atoms with Gasteiger partial charge in [-0.05, 0) is 38.1 Å². The highest BCUT2D eigenvalue weighted by molar-refractivity contribution is 6.07. The van der Waals surface area contributed by atoms with Crippen LogP contribution in [0.15, 0.2) is 60.7 Å². The number of rotatable bonds is 6. The summed E-state index contributed by atoms with van der Waals surface area (Å²) in [5, 5.41) is 5.87. The fraction of sp³-hybridized carbons (Fsp3) is 0.143. The molecule has 3 aromatic rings. The molecule has 1 heterocycles. The van der Waals surface area contributed by atoms with Gasteiger partial charge in [-0.25, -0.2) is 14.8 Å². The molecule has 142 valence electrons. The number of hydrogen-bond acceptors (Lipinski definition) is 6. The first kappa shape index (κ1) is 19.0. The van der Waals surface area contributed by atoms with Crippen molar-refractivity contribution in [3.05, 3.63) is 77.7 Å². The molecule has 0 aliphatic heterocycles. The second-order valence-corrected chi connectivity index (χ2v) is 5.90. The van der Waals surface area contributed by atoms with Crippen LogP contribution >= 0.6 is 0 Å². The van der Waals surface area contributed by atoms with Crippen LogP contribution in [-0.4, -0.2) is 28.5 Å². The summed E-state index contributed by atoms with van der Waals surface area (Å²) in [6, 6.07) is 17.7. The zero-order valence-corrected chi connectivity index (χ0v) is 15.6. The number of amides is 1. The molecule has 0 spiro atoms. The van der Waals surface area contributed by atoms with E-state index in [1.807, 2.05) is 30.3 Å². The minimum Gasteiger partial charge on any atom is -0.462 e. The van der Waals surface area contributed by atoms with Gasteiger partial charge in [0.15, 0.2) is 0 Å². The number of carbonyl (C=O) groups is 2. The molecular formula is C21H20N4O3. The van der Waals surface area contributed by atoms with E-state index < -0.39 is 11.9 Å². The van der Waals surface area contributed by atoms with Crippen molar-refractivity contribution in [2.45, 2.75) is 13.8 Å². The number of ether oxygens (including phenoxy) is 1. The smallest absolute Gasteiger partial charge is 0.340 e. The Hall–Kier alpha value is -3.74. The lowest BCUT2D eigenvalue weighted by Crippen LogP contribution is -2.18. The van der Waals surface area contributed by atoms with Gasteiger partial charge in [0.1, 0.15) is 17.3 Å². The van der Waals surface area contributed by atoms with Crippen molar-refractivity contribution < 1.29 is 14.3 Å². The molecule has 2 aromatic carbocycles. The van der Waals surface area contributed by atoms with E-state index in [0.717, 1.165) is 5.69 Å². The quantitative estimate of drug-likeness (QED) is 0.633. The molecule has 0 radical (unpaired) electrons. The zero-order valence-electron chi connectivity index (χ0n) is 15.6. The molecule has 0 atom stereocenters. The Labute approximate surface area is 162 Å². The number of nitrogens with zero attached hydrogens (tertiary/aromatic N) is 2. The predicted octanol–water partition coefficient (Wildman–Crippen LogP) is 3.96. The lowest BCUT2D eigenvalue weighted by molar-refractivity contribution is 0.0527. The van der Waals surface area contributed by atoms with Crippen molar-refractivity contribution in [1.82, 2.24) is 9.97 Å². The van der Waals surface area contributed by atoms with E-state index in [1.165, 1.54) is 0 Å². The van der Waals surface area contributed by atoms with Gasteiger partial charge in [0.25, 0.3) is 5.91 Å². The molecule has 0 bridgehead atoms. The van der Waals surface area contributed by atoms with E-state index in [4.69, 9.17) is 4.74 Å². The highest BCUT2D eigenvalue weighted by Gasteiger charge is 2.16. The van der Waals surface area contributed by atoms with Gasteiger partial charge in [-0.3, -0.25) is 4.79 Å². The Morgan fingerprint density at radius 1 is 1.00 bits per heavy atom. The molecule has 2 N–H and O–H groups in total. The first-order chi connectivity index (χ1) is 13.6. The number of para-hydroxylation sites is 2. The predicted molar refractivity (Wildman–Crippen MR) is 107 cm³/mol. The number of carbonyl (C=O) groups excluding carboxylic acids is 2. The van der Waals surface area contributed by atoms with Crippen molar-refractivity contribution in [1.29, 1.82) is 0 Å². The van der Waals surface area contributed by atoms with Crippen LogP contribution in [0.3, 0.4) is 0 Å². The minimum absolute atomic E-state index is 0.185. The maximum atomic E-state index is 12.7. The third-order valence-corrected chi connectivity index (χ3v) is 3.79. The normalized spacial score (nSPS) is 10.2. The summed E-state index contributed by atoms with van der Waals surface area (Å²) in [5.41, 5.74) is 1.68. The lowest BCUT2D eigenvalue weighted by Gasteiger charge is -2.11. The molecule has 3 rings (SSSR count). The summed E-state index contributed by atoms with van der Waals surface area (Å²) >= 11 is 0. The monoisotopic (exact) mass is 376 g/mol. The van der Waals surface area contributed by atoms with E-state index >= 15 is 0 Å². The Bertz CT molecular complexity index is 990. The standard InChI is InChI=1S/C21H20N4O3/c1-3-28-21(27)16-11-7-8-12-17(16)25-20(26)18-13-19(23-14(2)22-18)24-15-9-5-4-6-10-15/h4-13H,3H2,1-2H3,(H,25,26)(H,22,23,24). The lowest BCUT2D eigenvalue weighted by atomic mass is 10.1. The first-order valence-corrected chi connectivity index (χ1v) is 8.82. The summed E-state index contributed by atoms with van der Waals surface area (Å²) in [6.45, 7) is 3.68. The van der Waals surface area contributed by atoms with Crippen LogP contribution in [-0.2, 0) is 4.74 Å². The van der Waals surface area contributed by atoms with E-state index in [-0.39, 0.29) is 17.9 Å². The Morgan fingerprint density at radius 2 is 1.71 bits per heavy atom. The zero-order chi connectivity index (χ0) is 19.9. The first-order valence-electron chi connectivity index (χ1n) is 8.82. The van der Waals surface area contributed by atoms with Gasteiger partial charge in [-0.15, -0.1) is 0 Å². The van der Waals surface area contributed by atoms with Gasteiger partial charge in [0.05, 0.1) is 17.9 Å². The summed E-state index contributed by atoms with van der Waals surface area (Å²) < 4.78 is 5.03. The molecule has 28 heavy (non-hydrogen) atoms. The van der Waals surface area contributed by atoms with Crippen molar-refractivity contribution in [2.24, 2.45) is 0 Å². The minimum atomic E-state index is -0.497. The van der Waals surface area contributed by atoms with Gasteiger partial charge in [0, 0.05) is 11.8 Å². The van der Waals surface area contributed by atoms with Crippen molar-refractivity contribution in [3.63, 3.8) is 0 Å². The van der Waals surface area contributed by atoms with Crippen LogP contribution in [0.4, 0.5) is 17.2 Å². The molecule has 0 unspecified atom stereocenters. The number of aryl methyl sites for hydroxylation is 1. The van der Waals surface area contributed by atoms with Gasteiger partial charge in [0.2, 0.25) is 0 Å². The number of benzene rings is 2. The molecule has 0 aliphatic rings. The fourth-order valence-corrected chi connectivity index (χ4v) is 2.58. The number of aromatic nitrogens is 2. The van der Waals surface area contributed by atoms with Crippen LogP contribution in [0, 0.1) is 6.92 Å². The summed E-state index contributed by atoms with van der Waals surface area (Å²) in [5.74, 6) is 0.00866. The maximum absolute atomic E-state index is 12.7. The summed E-state index contributed by atoms with van der Waals surface area (Å²) in [4.78, 5) is 33.3. The SMILES string of the molecule is CCOC(=O)c1ccccc1NC(=O)c1cc(Nc2ccccc2)nc(C)n1. The summed E-state index contributed by atoms with van der Waals surface area (Å²) in [7, 11) is 0. The van der Waals surface area contributed by atoms with Gasteiger partial charge >= 0.3 is 5.97 Å². The molecule has 1 amide bonds. The van der Waals surface area contributed by atoms with Gasteiger partial charge < -0.3 is 15.4 Å². The highest BCUT2D eigenvalue weighted by Crippen LogP contribution is 2.19.